The second-order valence-electron chi connectivity index (χ2n) is 7.91. The first-order valence-corrected chi connectivity index (χ1v) is 11.3. The average Bonchev–Trinajstić information content (AvgIpc) is 3.30. The summed E-state index contributed by atoms with van der Waals surface area (Å²) in [6.07, 6.45) is 0. The normalized spacial score (nSPS) is 10.8. The van der Waals surface area contributed by atoms with E-state index in [0.29, 0.717) is 31.3 Å². The van der Waals surface area contributed by atoms with Crippen molar-refractivity contribution in [1.82, 2.24) is 14.8 Å². The maximum Gasteiger partial charge on any atom is 0.336 e. The van der Waals surface area contributed by atoms with Crippen molar-refractivity contribution >= 4 is 11.6 Å². The summed E-state index contributed by atoms with van der Waals surface area (Å²) >= 11 is 0. The number of carbonyl (C=O) groups is 1. The summed E-state index contributed by atoms with van der Waals surface area (Å²) in [6, 6.07) is 25.4. The number of carbonyl (C=O) groups excluding carboxylic acids is 1. The van der Waals surface area contributed by atoms with E-state index in [1.54, 1.807) is 11.8 Å². The van der Waals surface area contributed by atoms with Gasteiger partial charge in [0.05, 0.1) is 18.9 Å². The molecule has 0 radical (unpaired) electrons. The highest BCUT2D eigenvalue weighted by Gasteiger charge is 2.15. The van der Waals surface area contributed by atoms with E-state index in [9.17, 15) is 4.79 Å². The molecular formula is C27H28N4O4. The number of ether oxygens (including phenoxy) is 3. The number of benzene rings is 3. The first-order valence-electron chi connectivity index (χ1n) is 11.3. The monoisotopic (exact) mass is 472 g/mol. The van der Waals surface area contributed by atoms with Crippen molar-refractivity contribution < 1.29 is 19.0 Å². The Hall–Kier alpha value is -4.01. The molecule has 35 heavy (non-hydrogen) atoms. The largest absolute Gasteiger partial charge is 0.460 e. The van der Waals surface area contributed by atoms with Crippen molar-refractivity contribution in [3.63, 3.8) is 0 Å². The van der Waals surface area contributed by atoms with Gasteiger partial charge in [0.15, 0.2) is 5.82 Å². The Kier molecular flexibility index (Phi) is 8.21. The molecule has 4 rings (SSSR count). The van der Waals surface area contributed by atoms with Crippen LogP contribution >= 0.6 is 0 Å². The Morgan fingerprint density at radius 3 is 2.40 bits per heavy atom. The standard InChI is InChI=1S/C27H28N4O4/c1-20-8-10-22(11-9-20)26-29-27(35-17-16-33-2)30-31(26)24-14-12-23(13-15-24)28-25(32)19-34-18-21-6-4-3-5-7-21/h3-15H,16-19H2,1-2H3,(H,28,32). The molecule has 0 atom stereocenters. The predicted molar refractivity (Wildman–Crippen MR) is 134 cm³/mol. The van der Waals surface area contributed by atoms with Gasteiger partial charge in [0, 0.05) is 18.4 Å². The summed E-state index contributed by atoms with van der Waals surface area (Å²) in [4.78, 5) is 16.8. The molecule has 0 saturated heterocycles. The maximum atomic E-state index is 12.3. The molecule has 180 valence electrons. The number of nitrogens with one attached hydrogen (secondary N) is 1. The number of hydrogen-bond donors (Lipinski definition) is 1. The van der Waals surface area contributed by atoms with Crippen molar-refractivity contribution in [2.45, 2.75) is 13.5 Å². The van der Waals surface area contributed by atoms with Gasteiger partial charge in [-0.2, -0.15) is 4.98 Å². The Labute approximate surface area is 204 Å². The zero-order valence-corrected chi connectivity index (χ0v) is 19.8. The third kappa shape index (κ3) is 6.75. The highest BCUT2D eigenvalue weighted by Crippen LogP contribution is 2.25. The van der Waals surface area contributed by atoms with E-state index in [0.717, 1.165) is 22.4 Å². The zero-order valence-electron chi connectivity index (χ0n) is 19.8. The quantitative estimate of drug-likeness (QED) is 0.325. The maximum absolute atomic E-state index is 12.3. The van der Waals surface area contributed by atoms with E-state index in [4.69, 9.17) is 14.2 Å². The average molecular weight is 473 g/mol. The molecule has 1 amide bonds. The number of anilines is 1. The Bertz CT molecular complexity index is 1220. The predicted octanol–water partition coefficient (Wildman–Crippen LogP) is 4.42. The highest BCUT2D eigenvalue weighted by molar-refractivity contribution is 5.91. The first-order chi connectivity index (χ1) is 17.1. The molecule has 0 aliphatic heterocycles. The first kappa shape index (κ1) is 24.1. The van der Waals surface area contributed by atoms with Crippen molar-refractivity contribution in [1.29, 1.82) is 0 Å². The van der Waals surface area contributed by atoms with Crippen LogP contribution in [0.15, 0.2) is 78.9 Å². The van der Waals surface area contributed by atoms with Gasteiger partial charge in [-0.25, -0.2) is 4.68 Å². The second kappa shape index (κ2) is 11.9. The van der Waals surface area contributed by atoms with Crippen LogP contribution in [0.25, 0.3) is 17.1 Å². The SMILES string of the molecule is COCCOc1nc(-c2ccc(C)cc2)n(-c2ccc(NC(=O)COCc3ccccc3)cc2)n1. The lowest BCUT2D eigenvalue weighted by molar-refractivity contribution is -0.121. The summed E-state index contributed by atoms with van der Waals surface area (Å²) < 4.78 is 17.9. The molecule has 0 unspecified atom stereocenters. The third-order valence-electron chi connectivity index (χ3n) is 5.16. The molecule has 1 N–H and O–H groups in total. The Balaban J connectivity index is 1.44. The molecule has 0 fully saturated rings. The summed E-state index contributed by atoms with van der Waals surface area (Å²) in [5.41, 5.74) is 4.54. The van der Waals surface area contributed by atoms with Gasteiger partial charge < -0.3 is 19.5 Å². The van der Waals surface area contributed by atoms with Crippen LogP contribution in [-0.4, -0.2) is 47.6 Å². The van der Waals surface area contributed by atoms with E-state index in [2.05, 4.69) is 15.4 Å². The van der Waals surface area contributed by atoms with E-state index >= 15 is 0 Å². The molecule has 3 aromatic carbocycles. The molecule has 0 saturated carbocycles. The van der Waals surface area contributed by atoms with Crippen molar-refractivity contribution in [2.75, 3.05) is 32.2 Å². The number of aromatic nitrogens is 3. The van der Waals surface area contributed by atoms with Crippen LogP contribution in [0, 0.1) is 6.92 Å². The molecular weight excluding hydrogens is 444 g/mol. The summed E-state index contributed by atoms with van der Waals surface area (Å²) in [5, 5.41) is 7.38. The lowest BCUT2D eigenvalue weighted by Gasteiger charge is -2.09. The molecule has 8 nitrogen and oxygen atoms in total. The van der Waals surface area contributed by atoms with Crippen LogP contribution in [0.4, 0.5) is 5.69 Å². The van der Waals surface area contributed by atoms with Crippen LogP contribution in [0.5, 0.6) is 6.01 Å². The smallest absolute Gasteiger partial charge is 0.336 e. The highest BCUT2D eigenvalue weighted by atomic mass is 16.5. The number of methoxy groups -OCH3 is 1. The lowest BCUT2D eigenvalue weighted by atomic mass is 10.1. The van der Waals surface area contributed by atoms with Gasteiger partial charge in [-0.15, -0.1) is 5.10 Å². The zero-order chi connectivity index (χ0) is 24.5. The van der Waals surface area contributed by atoms with E-state index in [-0.39, 0.29) is 18.5 Å². The minimum atomic E-state index is -0.219. The number of rotatable bonds is 11. The van der Waals surface area contributed by atoms with Crippen LogP contribution in [-0.2, 0) is 20.9 Å². The van der Waals surface area contributed by atoms with E-state index in [1.165, 1.54) is 0 Å². The molecule has 1 aromatic heterocycles. The second-order valence-corrected chi connectivity index (χ2v) is 7.91. The van der Waals surface area contributed by atoms with Crippen LogP contribution in [0.1, 0.15) is 11.1 Å². The van der Waals surface area contributed by atoms with Gasteiger partial charge in [-0.05, 0) is 36.8 Å². The van der Waals surface area contributed by atoms with Crippen LogP contribution in [0.3, 0.4) is 0 Å². The van der Waals surface area contributed by atoms with Gasteiger partial charge in [-0.1, -0.05) is 60.2 Å². The fraction of sp³-hybridized carbons (Fsp3) is 0.222. The van der Waals surface area contributed by atoms with Crippen LogP contribution in [0.2, 0.25) is 0 Å². The molecule has 1 heterocycles. The molecule has 8 heteroatoms. The van der Waals surface area contributed by atoms with Gasteiger partial charge in [0.2, 0.25) is 5.91 Å². The summed E-state index contributed by atoms with van der Waals surface area (Å²) in [6.45, 7) is 3.19. The third-order valence-corrected chi connectivity index (χ3v) is 5.16. The van der Waals surface area contributed by atoms with Crippen molar-refractivity contribution in [3.05, 3.63) is 90.0 Å². The van der Waals surface area contributed by atoms with Crippen LogP contribution < -0.4 is 10.1 Å². The lowest BCUT2D eigenvalue weighted by Crippen LogP contribution is -2.18. The van der Waals surface area contributed by atoms with Gasteiger partial charge in [-0.3, -0.25) is 4.79 Å². The van der Waals surface area contributed by atoms with E-state index in [1.807, 2.05) is 85.8 Å². The minimum absolute atomic E-state index is 0.0283. The molecule has 0 aliphatic carbocycles. The molecule has 4 aromatic rings. The fourth-order valence-corrected chi connectivity index (χ4v) is 3.36. The van der Waals surface area contributed by atoms with Gasteiger partial charge in [0.1, 0.15) is 13.2 Å². The van der Waals surface area contributed by atoms with E-state index < -0.39 is 0 Å². The minimum Gasteiger partial charge on any atom is -0.460 e. The number of nitrogens with zero attached hydrogens (tertiary/aromatic N) is 3. The van der Waals surface area contributed by atoms with Gasteiger partial charge >= 0.3 is 6.01 Å². The number of amides is 1. The summed E-state index contributed by atoms with van der Waals surface area (Å²) in [7, 11) is 1.61. The molecule has 0 bridgehead atoms. The Morgan fingerprint density at radius 1 is 0.943 bits per heavy atom. The fourth-order valence-electron chi connectivity index (χ4n) is 3.36. The van der Waals surface area contributed by atoms with Crippen molar-refractivity contribution in [2.24, 2.45) is 0 Å². The Morgan fingerprint density at radius 2 is 1.69 bits per heavy atom. The molecule has 0 spiro atoms. The topological polar surface area (TPSA) is 87.5 Å². The van der Waals surface area contributed by atoms with Crippen molar-refractivity contribution in [3.8, 4) is 23.1 Å². The summed E-state index contributed by atoms with van der Waals surface area (Å²) in [5.74, 6) is 0.437. The number of hydrogen-bond acceptors (Lipinski definition) is 6. The molecule has 0 aliphatic rings. The number of aryl methyl sites for hydroxylation is 1. The van der Waals surface area contributed by atoms with Gasteiger partial charge in [0.25, 0.3) is 0 Å².